The van der Waals surface area contributed by atoms with E-state index in [-0.39, 0.29) is 29.4 Å². The molecule has 0 heterocycles. The molecule has 0 fully saturated rings. The largest absolute Gasteiger partial charge is 0.488 e. The van der Waals surface area contributed by atoms with E-state index in [9.17, 15) is 14.7 Å². The topological polar surface area (TPSA) is 87.1 Å². The van der Waals surface area contributed by atoms with Crippen LogP contribution < -0.4 is 4.74 Å². The molecule has 2 aromatic rings. The zero-order chi connectivity index (χ0) is 27.4. The summed E-state index contributed by atoms with van der Waals surface area (Å²) in [5, 5.41) is 19.6. The maximum Gasteiger partial charge on any atom is 0.323 e. The molecule has 0 bridgehead atoms. The summed E-state index contributed by atoms with van der Waals surface area (Å²) in [6, 6.07) is 12.1. The van der Waals surface area contributed by atoms with Gasteiger partial charge >= 0.3 is 5.97 Å². The summed E-state index contributed by atoms with van der Waals surface area (Å²) in [7, 11) is 1.50. The molecule has 2 rings (SSSR count). The number of aliphatic hydroxyl groups excluding tert-OH is 1. The van der Waals surface area contributed by atoms with Crippen LogP contribution in [0.1, 0.15) is 87.0 Å². The maximum atomic E-state index is 12.8. The molecule has 6 heteroatoms. The van der Waals surface area contributed by atoms with Crippen molar-refractivity contribution in [3.63, 3.8) is 0 Å². The van der Waals surface area contributed by atoms with Crippen LogP contribution in [0.15, 0.2) is 36.4 Å². The van der Waals surface area contributed by atoms with Crippen molar-refractivity contribution < 1.29 is 24.5 Å². The Bertz CT molecular complexity index is 1080. The fraction of sp³-hybridized carbons (Fsp3) is 0.533. The van der Waals surface area contributed by atoms with Crippen LogP contribution in [0.2, 0.25) is 0 Å². The van der Waals surface area contributed by atoms with Crippen molar-refractivity contribution in [2.45, 2.75) is 85.9 Å². The Kier molecular flexibility index (Phi) is 9.35. The number of carbonyl (C=O) groups is 2. The third kappa shape index (κ3) is 6.28. The summed E-state index contributed by atoms with van der Waals surface area (Å²) < 4.78 is 6.15. The van der Waals surface area contributed by atoms with Gasteiger partial charge in [0.05, 0.1) is 6.10 Å². The number of carboxylic acids is 1. The van der Waals surface area contributed by atoms with Crippen LogP contribution in [0.25, 0.3) is 0 Å². The standard InChI is InChI=1S/C30H43NO5/c1-10-30(11-2,22-12-14-24(19(3)16-22)28(35)31(9)18-26(32)33)23-13-15-25(20(4)17-23)36-21(5)27(34)29(6,7)8/h12-17,21,27,34H,10-11,18H2,1-9H3,(H,32,33). The predicted octanol–water partition coefficient (Wildman–Crippen LogP) is 5.74. The molecule has 36 heavy (non-hydrogen) atoms. The van der Waals surface area contributed by atoms with E-state index in [1.54, 1.807) is 0 Å². The van der Waals surface area contributed by atoms with E-state index in [2.05, 4.69) is 32.0 Å². The molecule has 0 aliphatic heterocycles. The zero-order valence-corrected chi connectivity index (χ0v) is 23.3. The molecule has 0 radical (unpaired) electrons. The lowest BCUT2D eigenvalue weighted by Gasteiger charge is -2.35. The molecular formula is C30H43NO5. The van der Waals surface area contributed by atoms with E-state index in [1.807, 2.05) is 59.7 Å². The van der Waals surface area contributed by atoms with Crippen molar-refractivity contribution in [3.8, 4) is 5.75 Å². The first-order valence-corrected chi connectivity index (χ1v) is 12.7. The summed E-state index contributed by atoms with van der Waals surface area (Å²) in [4.78, 5) is 25.0. The number of rotatable bonds is 10. The highest BCUT2D eigenvalue weighted by atomic mass is 16.5. The van der Waals surface area contributed by atoms with Crippen LogP contribution in [0, 0.1) is 19.3 Å². The Morgan fingerprint density at radius 1 is 0.972 bits per heavy atom. The van der Waals surface area contributed by atoms with Gasteiger partial charge in [-0.15, -0.1) is 0 Å². The number of aliphatic carboxylic acids is 1. The number of carbonyl (C=O) groups excluding carboxylic acids is 1. The lowest BCUT2D eigenvalue weighted by Crippen LogP contribution is -2.39. The van der Waals surface area contributed by atoms with Gasteiger partial charge in [0.25, 0.3) is 5.91 Å². The number of nitrogens with zero attached hydrogens (tertiary/aromatic N) is 1. The van der Waals surface area contributed by atoms with Crippen molar-refractivity contribution in [1.82, 2.24) is 4.90 Å². The average molecular weight is 498 g/mol. The molecule has 0 spiro atoms. The molecular weight excluding hydrogens is 454 g/mol. The van der Waals surface area contributed by atoms with E-state index in [4.69, 9.17) is 9.84 Å². The van der Waals surface area contributed by atoms with E-state index in [0.29, 0.717) is 5.56 Å². The van der Waals surface area contributed by atoms with Crippen molar-refractivity contribution >= 4 is 11.9 Å². The second kappa shape index (κ2) is 11.5. The van der Waals surface area contributed by atoms with Gasteiger partial charge in [0.1, 0.15) is 18.4 Å². The SMILES string of the molecule is CCC(CC)(c1ccc(OC(C)C(O)C(C)(C)C)c(C)c1)c1ccc(C(=O)N(C)CC(=O)O)c(C)c1. The molecule has 0 aromatic heterocycles. The Labute approximate surface area is 216 Å². The zero-order valence-electron chi connectivity index (χ0n) is 23.3. The van der Waals surface area contributed by atoms with Gasteiger partial charge in [-0.2, -0.15) is 0 Å². The van der Waals surface area contributed by atoms with E-state index >= 15 is 0 Å². The number of aryl methyl sites for hydroxylation is 2. The van der Waals surface area contributed by atoms with E-state index in [1.165, 1.54) is 17.5 Å². The molecule has 2 unspecified atom stereocenters. The van der Waals surface area contributed by atoms with Gasteiger partial charge in [0.15, 0.2) is 0 Å². The summed E-state index contributed by atoms with van der Waals surface area (Å²) in [5.74, 6) is -0.584. The Morgan fingerprint density at radius 2 is 1.50 bits per heavy atom. The monoisotopic (exact) mass is 497 g/mol. The minimum absolute atomic E-state index is 0.251. The van der Waals surface area contributed by atoms with Crippen LogP contribution in [0.5, 0.6) is 5.75 Å². The quantitative estimate of drug-likeness (QED) is 0.437. The molecule has 2 atom stereocenters. The summed E-state index contributed by atoms with van der Waals surface area (Å²) in [6.07, 6.45) is 0.798. The normalized spacial score (nSPS) is 13.7. The highest BCUT2D eigenvalue weighted by molar-refractivity contribution is 5.97. The van der Waals surface area contributed by atoms with Crippen molar-refractivity contribution in [2.24, 2.45) is 5.41 Å². The lowest BCUT2D eigenvalue weighted by molar-refractivity contribution is -0.137. The highest BCUT2D eigenvalue weighted by Gasteiger charge is 2.33. The number of ether oxygens (including phenoxy) is 1. The summed E-state index contributed by atoms with van der Waals surface area (Å²) in [6.45, 7) is 15.8. The van der Waals surface area contributed by atoms with Gasteiger partial charge in [-0.25, -0.2) is 0 Å². The van der Waals surface area contributed by atoms with Crippen LogP contribution in [-0.2, 0) is 10.2 Å². The molecule has 198 valence electrons. The third-order valence-electron chi connectivity index (χ3n) is 7.31. The van der Waals surface area contributed by atoms with Gasteiger partial charge in [-0.3, -0.25) is 9.59 Å². The van der Waals surface area contributed by atoms with Crippen molar-refractivity contribution in [3.05, 3.63) is 64.2 Å². The van der Waals surface area contributed by atoms with Gasteiger partial charge in [-0.1, -0.05) is 58.9 Å². The van der Waals surface area contributed by atoms with Gasteiger partial charge < -0.3 is 19.8 Å². The Morgan fingerprint density at radius 3 is 1.94 bits per heavy atom. The van der Waals surface area contributed by atoms with Crippen LogP contribution >= 0.6 is 0 Å². The smallest absolute Gasteiger partial charge is 0.323 e. The fourth-order valence-corrected chi connectivity index (χ4v) is 4.96. The lowest BCUT2D eigenvalue weighted by atomic mass is 9.70. The number of amides is 1. The number of benzene rings is 2. The van der Waals surface area contributed by atoms with Crippen LogP contribution in [0.4, 0.5) is 0 Å². The van der Waals surface area contributed by atoms with E-state index in [0.717, 1.165) is 35.3 Å². The molecule has 0 saturated carbocycles. The third-order valence-corrected chi connectivity index (χ3v) is 7.31. The minimum Gasteiger partial charge on any atom is -0.488 e. The van der Waals surface area contributed by atoms with Gasteiger partial charge in [0, 0.05) is 18.0 Å². The summed E-state index contributed by atoms with van der Waals surface area (Å²) in [5.41, 5.74) is 4.10. The molecule has 6 nitrogen and oxygen atoms in total. The van der Waals surface area contributed by atoms with Crippen LogP contribution in [0.3, 0.4) is 0 Å². The molecule has 0 aliphatic carbocycles. The number of hydrogen-bond acceptors (Lipinski definition) is 4. The number of aliphatic hydroxyl groups is 1. The molecule has 1 amide bonds. The minimum atomic E-state index is -1.04. The second-order valence-electron chi connectivity index (χ2n) is 11.0. The summed E-state index contributed by atoms with van der Waals surface area (Å²) >= 11 is 0. The number of carboxylic acid groups (broad SMARTS) is 1. The first kappa shape index (κ1) is 29.4. The first-order valence-electron chi connectivity index (χ1n) is 12.7. The molecule has 2 aromatic carbocycles. The molecule has 0 saturated heterocycles. The van der Waals surface area contributed by atoms with Gasteiger partial charge in [0.2, 0.25) is 0 Å². The van der Waals surface area contributed by atoms with Crippen LogP contribution in [-0.4, -0.2) is 52.8 Å². The van der Waals surface area contributed by atoms with Crippen molar-refractivity contribution in [2.75, 3.05) is 13.6 Å². The molecule has 2 N–H and O–H groups in total. The Hall–Kier alpha value is -2.86. The Balaban J connectivity index is 2.42. The maximum absolute atomic E-state index is 12.8. The van der Waals surface area contributed by atoms with Gasteiger partial charge in [-0.05, 0) is 73.4 Å². The second-order valence-corrected chi connectivity index (χ2v) is 11.0. The number of hydrogen-bond donors (Lipinski definition) is 2. The van der Waals surface area contributed by atoms with E-state index < -0.39 is 12.1 Å². The number of likely N-dealkylation sites (N-methyl/N-ethyl adjacent to an activating group) is 1. The van der Waals surface area contributed by atoms with Crippen molar-refractivity contribution in [1.29, 1.82) is 0 Å². The highest BCUT2D eigenvalue weighted by Crippen LogP contribution is 2.41. The molecule has 0 aliphatic rings. The predicted molar refractivity (Wildman–Crippen MR) is 144 cm³/mol. The fourth-order valence-electron chi connectivity index (χ4n) is 4.96. The first-order chi connectivity index (χ1) is 16.7. The average Bonchev–Trinajstić information content (AvgIpc) is 2.80.